The first-order valence-electron chi connectivity index (χ1n) is 8.15. The van der Waals surface area contributed by atoms with Gasteiger partial charge in [0.15, 0.2) is 5.13 Å². The summed E-state index contributed by atoms with van der Waals surface area (Å²) in [5, 5.41) is 3.66. The first-order valence-corrected chi connectivity index (χ1v) is 8.97. The molecule has 0 aliphatic rings. The number of halogens is 4. The molecular weight excluding hydrogens is 392 g/mol. The van der Waals surface area contributed by atoms with Gasteiger partial charge in [-0.05, 0) is 47.5 Å². The summed E-state index contributed by atoms with van der Waals surface area (Å²) in [5.74, 6) is -0.585. The summed E-state index contributed by atoms with van der Waals surface area (Å²) in [6.45, 7) is 0. The topological polar surface area (TPSA) is 34.2 Å². The van der Waals surface area contributed by atoms with Gasteiger partial charge in [0.25, 0.3) is 0 Å². The molecule has 0 radical (unpaired) electrons. The second kappa shape index (κ2) is 7.12. The van der Waals surface area contributed by atoms with Crippen LogP contribution in [-0.2, 0) is 0 Å². The number of rotatable bonds is 4. The van der Waals surface area contributed by atoms with Crippen LogP contribution < -0.4 is 10.1 Å². The van der Waals surface area contributed by atoms with Crippen molar-refractivity contribution in [3.8, 4) is 16.9 Å². The van der Waals surface area contributed by atoms with E-state index in [4.69, 9.17) is 0 Å². The highest BCUT2D eigenvalue weighted by Gasteiger charge is 2.31. The number of thiazole rings is 1. The summed E-state index contributed by atoms with van der Waals surface area (Å²) in [6.07, 6.45) is -4.73. The lowest BCUT2D eigenvalue weighted by atomic mass is 10.1. The molecule has 0 saturated carbocycles. The van der Waals surface area contributed by atoms with Crippen LogP contribution in [0.1, 0.15) is 0 Å². The molecule has 142 valence electrons. The number of ether oxygens (including phenoxy) is 1. The van der Waals surface area contributed by atoms with Crippen LogP contribution in [0.5, 0.6) is 5.75 Å². The number of nitrogens with zero attached hydrogens (tertiary/aromatic N) is 1. The molecule has 3 nitrogen and oxygen atoms in total. The third-order valence-corrected chi connectivity index (χ3v) is 4.82. The minimum Gasteiger partial charge on any atom is -0.406 e. The zero-order valence-electron chi connectivity index (χ0n) is 14.1. The second-order valence-electron chi connectivity index (χ2n) is 5.91. The molecule has 0 spiro atoms. The smallest absolute Gasteiger partial charge is 0.406 e. The summed E-state index contributed by atoms with van der Waals surface area (Å²) >= 11 is 1.22. The van der Waals surface area contributed by atoms with Crippen molar-refractivity contribution in [2.75, 3.05) is 5.32 Å². The molecule has 8 heteroatoms. The van der Waals surface area contributed by atoms with Gasteiger partial charge in [0.05, 0.1) is 10.2 Å². The maximum Gasteiger partial charge on any atom is 0.573 e. The van der Waals surface area contributed by atoms with Gasteiger partial charge in [0.2, 0.25) is 0 Å². The van der Waals surface area contributed by atoms with Crippen LogP contribution in [0.15, 0.2) is 66.7 Å². The third-order valence-electron chi connectivity index (χ3n) is 3.89. The average molecular weight is 404 g/mol. The standard InChI is InChI=1S/C20H12F4N2OS/c21-14-3-1-2-13(10-14)12-4-6-15(7-5-12)25-19-26-17-9-8-16(11-18(17)28-19)27-20(22,23)24/h1-11H,(H,25,26). The maximum atomic E-state index is 13.3. The van der Waals surface area contributed by atoms with Gasteiger partial charge in [-0.2, -0.15) is 0 Å². The Morgan fingerprint density at radius 1 is 0.893 bits per heavy atom. The Morgan fingerprint density at radius 3 is 2.39 bits per heavy atom. The molecule has 0 amide bonds. The molecule has 1 N–H and O–H groups in total. The lowest BCUT2D eigenvalue weighted by molar-refractivity contribution is -0.274. The summed E-state index contributed by atoms with van der Waals surface area (Å²) in [6, 6.07) is 17.7. The monoisotopic (exact) mass is 404 g/mol. The van der Waals surface area contributed by atoms with Gasteiger partial charge in [-0.1, -0.05) is 35.6 Å². The minimum absolute atomic E-state index is 0.283. The van der Waals surface area contributed by atoms with Crippen LogP contribution in [0.2, 0.25) is 0 Å². The van der Waals surface area contributed by atoms with E-state index in [1.165, 1.54) is 41.7 Å². The highest BCUT2D eigenvalue weighted by Crippen LogP contribution is 2.33. The average Bonchev–Trinajstić information content (AvgIpc) is 3.02. The first kappa shape index (κ1) is 18.2. The van der Waals surface area contributed by atoms with E-state index in [1.807, 2.05) is 30.3 Å². The van der Waals surface area contributed by atoms with Gasteiger partial charge < -0.3 is 10.1 Å². The molecule has 1 aromatic heterocycles. The highest BCUT2D eigenvalue weighted by molar-refractivity contribution is 7.22. The molecule has 4 aromatic rings. The maximum absolute atomic E-state index is 13.3. The first-order chi connectivity index (χ1) is 13.4. The SMILES string of the molecule is Fc1cccc(-c2ccc(Nc3nc4ccc(OC(F)(F)F)cc4s3)cc2)c1. The Hall–Kier alpha value is -3.13. The van der Waals surface area contributed by atoms with Gasteiger partial charge in [0, 0.05) is 11.8 Å². The fraction of sp³-hybridized carbons (Fsp3) is 0.0500. The van der Waals surface area contributed by atoms with Crippen molar-refractivity contribution in [2.45, 2.75) is 6.36 Å². The largest absolute Gasteiger partial charge is 0.573 e. The quantitative estimate of drug-likeness (QED) is 0.382. The van der Waals surface area contributed by atoms with E-state index in [0.29, 0.717) is 15.3 Å². The summed E-state index contributed by atoms with van der Waals surface area (Å²) in [7, 11) is 0. The van der Waals surface area contributed by atoms with Crippen LogP contribution in [-0.4, -0.2) is 11.3 Å². The van der Waals surface area contributed by atoms with E-state index in [-0.39, 0.29) is 11.6 Å². The van der Waals surface area contributed by atoms with E-state index < -0.39 is 6.36 Å². The fourth-order valence-corrected chi connectivity index (χ4v) is 3.61. The van der Waals surface area contributed by atoms with Crippen LogP contribution in [0.4, 0.5) is 28.4 Å². The van der Waals surface area contributed by atoms with Crippen LogP contribution in [0.3, 0.4) is 0 Å². The predicted molar refractivity (Wildman–Crippen MR) is 101 cm³/mol. The Morgan fingerprint density at radius 2 is 1.68 bits per heavy atom. The highest BCUT2D eigenvalue weighted by atomic mass is 32.1. The number of hydrogen-bond acceptors (Lipinski definition) is 4. The summed E-state index contributed by atoms with van der Waals surface area (Å²) in [4.78, 5) is 4.36. The third kappa shape index (κ3) is 4.23. The van der Waals surface area contributed by atoms with Crippen LogP contribution in [0.25, 0.3) is 21.3 Å². The van der Waals surface area contributed by atoms with E-state index >= 15 is 0 Å². The van der Waals surface area contributed by atoms with E-state index in [1.54, 1.807) is 6.07 Å². The molecule has 0 atom stereocenters. The van der Waals surface area contributed by atoms with E-state index in [0.717, 1.165) is 16.8 Å². The van der Waals surface area contributed by atoms with Crippen molar-refractivity contribution in [2.24, 2.45) is 0 Å². The Kier molecular flexibility index (Phi) is 4.64. The van der Waals surface area contributed by atoms with Gasteiger partial charge >= 0.3 is 6.36 Å². The normalized spacial score (nSPS) is 11.6. The number of nitrogens with one attached hydrogen (secondary N) is 1. The second-order valence-corrected chi connectivity index (χ2v) is 6.94. The number of fused-ring (bicyclic) bond motifs is 1. The van der Waals surface area contributed by atoms with Crippen molar-refractivity contribution in [1.82, 2.24) is 4.98 Å². The molecule has 28 heavy (non-hydrogen) atoms. The molecule has 3 aromatic carbocycles. The van der Waals surface area contributed by atoms with Crippen molar-refractivity contribution >= 4 is 32.4 Å². The lowest BCUT2D eigenvalue weighted by Gasteiger charge is -2.07. The molecule has 0 fully saturated rings. The Labute approximate surface area is 161 Å². The Balaban J connectivity index is 1.53. The van der Waals surface area contributed by atoms with Crippen molar-refractivity contribution in [3.05, 3.63) is 72.5 Å². The molecule has 0 aliphatic carbocycles. The van der Waals surface area contributed by atoms with Crippen molar-refractivity contribution in [1.29, 1.82) is 0 Å². The Bertz CT molecular complexity index is 1120. The van der Waals surface area contributed by atoms with E-state index in [9.17, 15) is 17.6 Å². The number of benzene rings is 3. The lowest BCUT2D eigenvalue weighted by Crippen LogP contribution is -2.16. The minimum atomic E-state index is -4.73. The summed E-state index contributed by atoms with van der Waals surface area (Å²) < 4.78 is 54.9. The molecule has 0 bridgehead atoms. The molecular formula is C20H12F4N2OS. The zero-order valence-corrected chi connectivity index (χ0v) is 14.9. The molecule has 0 aliphatic heterocycles. The predicted octanol–water partition coefficient (Wildman–Crippen LogP) is 6.74. The number of hydrogen-bond donors (Lipinski definition) is 1. The van der Waals surface area contributed by atoms with Crippen LogP contribution in [0, 0.1) is 5.82 Å². The molecule has 1 heterocycles. The number of alkyl halides is 3. The van der Waals surface area contributed by atoms with Gasteiger partial charge in [-0.25, -0.2) is 9.37 Å². The van der Waals surface area contributed by atoms with E-state index in [2.05, 4.69) is 15.0 Å². The number of aromatic nitrogens is 1. The molecule has 0 saturated heterocycles. The fourth-order valence-electron chi connectivity index (χ4n) is 2.69. The molecule has 4 rings (SSSR count). The number of anilines is 2. The van der Waals surface area contributed by atoms with Gasteiger partial charge in [-0.15, -0.1) is 13.2 Å². The zero-order chi connectivity index (χ0) is 19.7. The van der Waals surface area contributed by atoms with Crippen molar-refractivity contribution in [3.63, 3.8) is 0 Å². The van der Waals surface area contributed by atoms with Crippen LogP contribution >= 0.6 is 11.3 Å². The summed E-state index contributed by atoms with van der Waals surface area (Å²) in [5.41, 5.74) is 2.96. The molecule has 0 unspecified atom stereocenters. The van der Waals surface area contributed by atoms with Gasteiger partial charge in [-0.3, -0.25) is 0 Å². The van der Waals surface area contributed by atoms with Crippen molar-refractivity contribution < 1.29 is 22.3 Å². The van der Waals surface area contributed by atoms with Gasteiger partial charge in [0.1, 0.15) is 11.6 Å².